The van der Waals surface area contributed by atoms with Crippen molar-refractivity contribution < 1.29 is 13.9 Å². The summed E-state index contributed by atoms with van der Waals surface area (Å²) >= 11 is 0. The van der Waals surface area contributed by atoms with Crippen LogP contribution in [0, 0.1) is 5.82 Å². The average Bonchev–Trinajstić information content (AvgIpc) is 2.26. The molecule has 0 fully saturated rings. The molecule has 1 aromatic rings. The van der Waals surface area contributed by atoms with Crippen LogP contribution in [0.4, 0.5) is 4.39 Å². The molecular formula is C12H18FNO2. The molecule has 2 N–H and O–H groups in total. The first-order valence-corrected chi connectivity index (χ1v) is 5.25. The van der Waals surface area contributed by atoms with Crippen molar-refractivity contribution >= 4 is 0 Å². The SMILES string of the molecule is COC(C)COc1ccc([C@@H](C)N)cc1F. The monoisotopic (exact) mass is 227 g/mol. The number of halogens is 1. The molecule has 0 bridgehead atoms. The zero-order valence-electron chi connectivity index (χ0n) is 9.87. The summed E-state index contributed by atoms with van der Waals surface area (Å²) in [4.78, 5) is 0. The number of nitrogens with two attached hydrogens (primary N) is 1. The van der Waals surface area contributed by atoms with Gasteiger partial charge < -0.3 is 15.2 Å². The molecule has 0 aliphatic carbocycles. The minimum Gasteiger partial charge on any atom is -0.488 e. The van der Waals surface area contributed by atoms with Crippen LogP contribution in [0.15, 0.2) is 18.2 Å². The summed E-state index contributed by atoms with van der Waals surface area (Å²) in [6, 6.07) is 4.58. The summed E-state index contributed by atoms with van der Waals surface area (Å²) in [5.41, 5.74) is 6.40. The summed E-state index contributed by atoms with van der Waals surface area (Å²) in [6.45, 7) is 3.99. The average molecular weight is 227 g/mol. The number of benzene rings is 1. The molecule has 0 radical (unpaired) electrons. The maximum absolute atomic E-state index is 13.5. The van der Waals surface area contributed by atoms with Crippen molar-refractivity contribution in [1.82, 2.24) is 0 Å². The lowest BCUT2D eigenvalue weighted by Gasteiger charge is -2.13. The van der Waals surface area contributed by atoms with Gasteiger partial charge in [-0.15, -0.1) is 0 Å². The third-order valence-corrected chi connectivity index (χ3v) is 2.36. The minimum absolute atomic E-state index is 0.0625. The van der Waals surface area contributed by atoms with Gasteiger partial charge in [0.15, 0.2) is 11.6 Å². The summed E-state index contributed by atoms with van der Waals surface area (Å²) in [5.74, 6) is -0.161. The van der Waals surface area contributed by atoms with Crippen LogP contribution in [0.1, 0.15) is 25.5 Å². The molecule has 0 saturated carbocycles. The molecule has 0 aliphatic rings. The van der Waals surface area contributed by atoms with Crippen LogP contribution in [-0.2, 0) is 4.74 Å². The van der Waals surface area contributed by atoms with Gasteiger partial charge in [-0.3, -0.25) is 0 Å². The maximum Gasteiger partial charge on any atom is 0.165 e. The Morgan fingerprint density at radius 1 is 1.38 bits per heavy atom. The van der Waals surface area contributed by atoms with E-state index in [9.17, 15) is 4.39 Å². The Morgan fingerprint density at radius 2 is 2.06 bits per heavy atom. The van der Waals surface area contributed by atoms with Gasteiger partial charge in [0, 0.05) is 13.2 Å². The van der Waals surface area contributed by atoms with Crippen LogP contribution in [0.3, 0.4) is 0 Å². The van der Waals surface area contributed by atoms with Gasteiger partial charge in [0.25, 0.3) is 0 Å². The molecule has 1 unspecified atom stereocenters. The second-order valence-corrected chi connectivity index (χ2v) is 3.84. The predicted octanol–water partition coefficient (Wildman–Crippen LogP) is 2.26. The van der Waals surface area contributed by atoms with Gasteiger partial charge in [-0.05, 0) is 31.5 Å². The van der Waals surface area contributed by atoms with Crippen molar-refractivity contribution in [3.8, 4) is 5.75 Å². The van der Waals surface area contributed by atoms with Crippen molar-refractivity contribution in [3.05, 3.63) is 29.6 Å². The molecule has 1 aromatic carbocycles. The fourth-order valence-electron chi connectivity index (χ4n) is 1.19. The molecule has 0 aromatic heterocycles. The summed E-state index contributed by atoms with van der Waals surface area (Å²) in [7, 11) is 1.59. The Bertz CT molecular complexity index is 342. The molecular weight excluding hydrogens is 209 g/mol. The molecule has 90 valence electrons. The summed E-state index contributed by atoms with van der Waals surface area (Å²) < 4.78 is 23.8. The van der Waals surface area contributed by atoms with E-state index in [-0.39, 0.29) is 17.9 Å². The van der Waals surface area contributed by atoms with Crippen molar-refractivity contribution in [2.75, 3.05) is 13.7 Å². The number of rotatable bonds is 5. The van der Waals surface area contributed by atoms with Crippen LogP contribution >= 0.6 is 0 Å². The van der Waals surface area contributed by atoms with Gasteiger partial charge in [-0.2, -0.15) is 0 Å². The minimum atomic E-state index is -0.391. The van der Waals surface area contributed by atoms with E-state index in [1.165, 1.54) is 6.07 Å². The van der Waals surface area contributed by atoms with Crippen molar-refractivity contribution in [1.29, 1.82) is 0 Å². The molecule has 4 heteroatoms. The van der Waals surface area contributed by atoms with E-state index in [2.05, 4.69) is 0 Å². The van der Waals surface area contributed by atoms with Gasteiger partial charge in [0.05, 0.1) is 6.10 Å². The fraction of sp³-hybridized carbons (Fsp3) is 0.500. The van der Waals surface area contributed by atoms with Gasteiger partial charge >= 0.3 is 0 Å². The van der Waals surface area contributed by atoms with Crippen molar-refractivity contribution in [3.63, 3.8) is 0 Å². The van der Waals surface area contributed by atoms with E-state index in [1.54, 1.807) is 19.2 Å². The van der Waals surface area contributed by atoms with E-state index in [4.69, 9.17) is 15.2 Å². The fourth-order valence-corrected chi connectivity index (χ4v) is 1.19. The quantitative estimate of drug-likeness (QED) is 0.839. The highest BCUT2D eigenvalue weighted by Crippen LogP contribution is 2.21. The molecule has 0 heterocycles. The largest absolute Gasteiger partial charge is 0.488 e. The normalized spacial score (nSPS) is 14.6. The molecule has 0 spiro atoms. The molecule has 0 saturated heterocycles. The lowest BCUT2D eigenvalue weighted by Crippen LogP contribution is -2.16. The van der Waals surface area contributed by atoms with E-state index in [1.807, 2.05) is 13.8 Å². The summed E-state index contributed by atoms with van der Waals surface area (Å²) in [5, 5.41) is 0. The first-order chi connectivity index (χ1) is 7.54. The third kappa shape index (κ3) is 3.47. The van der Waals surface area contributed by atoms with E-state index < -0.39 is 5.82 Å². The van der Waals surface area contributed by atoms with Crippen LogP contribution in [-0.4, -0.2) is 19.8 Å². The first-order valence-electron chi connectivity index (χ1n) is 5.25. The van der Waals surface area contributed by atoms with Gasteiger partial charge in [0.2, 0.25) is 0 Å². The Morgan fingerprint density at radius 3 is 2.56 bits per heavy atom. The number of hydrogen-bond donors (Lipinski definition) is 1. The maximum atomic E-state index is 13.5. The van der Waals surface area contributed by atoms with Crippen LogP contribution < -0.4 is 10.5 Å². The van der Waals surface area contributed by atoms with Crippen LogP contribution in [0.5, 0.6) is 5.75 Å². The van der Waals surface area contributed by atoms with E-state index >= 15 is 0 Å². The Balaban J connectivity index is 2.68. The topological polar surface area (TPSA) is 44.5 Å². The van der Waals surface area contributed by atoms with Gasteiger partial charge in [0.1, 0.15) is 6.61 Å². The Hall–Kier alpha value is -1.13. The van der Waals surface area contributed by atoms with Crippen LogP contribution in [0.25, 0.3) is 0 Å². The summed E-state index contributed by atoms with van der Waals surface area (Å²) in [6.07, 6.45) is -0.0625. The van der Waals surface area contributed by atoms with E-state index in [0.29, 0.717) is 6.61 Å². The highest BCUT2D eigenvalue weighted by molar-refractivity contribution is 5.30. The molecule has 0 aliphatic heterocycles. The van der Waals surface area contributed by atoms with Crippen molar-refractivity contribution in [2.45, 2.75) is 26.0 Å². The molecule has 16 heavy (non-hydrogen) atoms. The second kappa shape index (κ2) is 5.82. The molecule has 2 atom stereocenters. The van der Waals surface area contributed by atoms with Crippen LogP contribution in [0.2, 0.25) is 0 Å². The zero-order valence-corrected chi connectivity index (χ0v) is 9.87. The lowest BCUT2D eigenvalue weighted by atomic mass is 10.1. The lowest BCUT2D eigenvalue weighted by molar-refractivity contribution is 0.0701. The molecule has 0 amide bonds. The highest BCUT2D eigenvalue weighted by Gasteiger charge is 2.08. The highest BCUT2D eigenvalue weighted by atomic mass is 19.1. The van der Waals surface area contributed by atoms with Crippen molar-refractivity contribution in [2.24, 2.45) is 5.73 Å². The predicted molar refractivity (Wildman–Crippen MR) is 61.0 cm³/mol. The number of ether oxygens (including phenoxy) is 2. The first kappa shape index (κ1) is 12.9. The standard InChI is InChI=1S/C12H18FNO2/c1-8(15-3)7-16-12-5-4-10(9(2)14)6-11(12)13/h4-6,8-9H,7,14H2,1-3H3/t8?,9-/m1/s1. The Labute approximate surface area is 95.4 Å². The number of methoxy groups -OCH3 is 1. The molecule has 1 rings (SSSR count). The third-order valence-electron chi connectivity index (χ3n) is 2.36. The number of hydrogen-bond acceptors (Lipinski definition) is 3. The van der Waals surface area contributed by atoms with Gasteiger partial charge in [-0.25, -0.2) is 4.39 Å². The van der Waals surface area contributed by atoms with E-state index in [0.717, 1.165) is 5.56 Å². The second-order valence-electron chi connectivity index (χ2n) is 3.84. The zero-order chi connectivity index (χ0) is 12.1. The smallest absolute Gasteiger partial charge is 0.165 e. The molecule has 3 nitrogen and oxygen atoms in total. The van der Waals surface area contributed by atoms with Gasteiger partial charge in [-0.1, -0.05) is 6.07 Å². The Kier molecular flexibility index (Phi) is 4.71.